The molecule has 1 amide bonds. The van der Waals surface area contributed by atoms with Crippen molar-refractivity contribution in [2.45, 2.75) is 32.4 Å². The molecule has 1 atom stereocenters. The van der Waals surface area contributed by atoms with Crippen LogP contribution in [0.5, 0.6) is 0 Å². The number of nitrogens with one attached hydrogen (secondary N) is 1. The minimum atomic E-state index is -1.05. The van der Waals surface area contributed by atoms with Crippen LogP contribution in [0.25, 0.3) is 0 Å². The summed E-state index contributed by atoms with van der Waals surface area (Å²) < 4.78 is 2.59. The fourth-order valence-electron chi connectivity index (χ4n) is 2.34. The fraction of sp³-hybridized carbons (Fsp3) is 0.294. The highest BCUT2D eigenvalue weighted by Gasteiger charge is 2.23. The van der Waals surface area contributed by atoms with Gasteiger partial charge >= 0.3 is 5.97 Å². The van der Waals surface area contributed by atoms with Gasteiger partial charge in [-0.1, -0.05) is 30.3 Å². The standard InChI is InChI=1S/C17H19BrN2O3/c1-11(2)20-10-13(18)9-15(20)16(21)19-14(17(22)23)8-12-6-4-3-5-7-12/h3-7,9-11,14H,8H2,1-2H3,(H,19,21)(H,22,23). The molecule has 0 bridgehead atoms. The second-order valence-corrected chi connectivity index (χ2v) is 6.51. The summed E-state index contributed by atoms with van der Waals surface area (Å²) in [6, 6.07) is 10.1. The van der Waals surface area contributed by atoms with Crippen LogP contribution in [0.3, 0.4) is 0 Å². The lowest BCUT2D eigenvalue weighted by Crippen LogP contribution is -2.43. The van der Waals surface area contributed by atoms with Gasteiger partial charge in [0.25, 0.3) is 5.91 Å². The summed E-state index contributed by atoms with van der Waals surface area (Å²) in [6.45, 7) is 3.92. The third-order valence-electron chi connectivity index (χ3n) is 3.49. The molecule has 5 nitrogen and oxygen atoms in total. The van der Waals surface area contributed by atoms with Crippen LogP contribution in [-0.2, 0) is 11.2 Å². The molecule has 23 heavy (non-hydrogen) atoms. The number of carbonyl (C=O) groups excluding carboxylic acids is 1. The first-order valence-electron chi connectivity index (χ1n) is 7.33. The van der Waals surface area contributed by atoms with Crippen LogP contribution in [-0.4, -0.2) is 27.6 Å². The van der Waals surface area contributed by atoms with Crippen molar-refractivity contribution in [3.8, 4) is 0 Å². The van der Waals surface area contributed by atoms with Crippen molar-refractivity contribution >= 4 is 27.8 Å². The molecule has 0 aliphatic heterocycles. The Balaban J connectivity index is 2.17. The highest BCUT2D eigenvalue weighted by molar-refractivity contribution is 9.10. The highest BCUT2D eigenvalue weighted by Crippen LogP contribution is 2.19. The smallest absolute Gasteiger partial charge is 0.326 e. The lowest BCUT2D eigenvalue weighted by Gasteiger charge is -2.17. The number of hydrogen-bond donors (Lipinski definition) is 2. The van der Waals surface area contributed by atoms with Gasteiger partial charge in [0.1, 0.15) is 11.7 Å². The molecule has 6 heteroatoms. The third-order valence-corrected chi connectivity index (χ3v) is 3.92. The highest BCUT2D eigenvalue weighted by atomic mass is 79.9. The van der Waals surface area contributed by atoms with Crippen molar-refractivity contribution in [1.29, 1.82) is 0 Å². The Morgan fingerprint density at radius 3 is 2.48 bits per heavy atom. The molecule has 2 rings (SSSR count). The zero-order valence-electron chi connectivity index (χ0n) is 13.0. The van der Waals surface area contributed by atoms with E-state index in [9.17, 15) is 14.7 Å². The topological polar surface area (TPSA) is 71.3 Å². The predicted molar refractivity (Wildman–Crippen MR) is 91.6 cm³/mol. The van der Waals surface area contributed by atoms with E-state index in [1.807, 2.05) is 50.4 Å². The monoisotopic (exact) mass is 378 g/mol. The Bertz CT molecular complexity index is 695. The second-order valence-electron chi connectivity index (χ2n) is 5.60. The number of aliphatic carboxylic acids is 1. The maximum absolute atomic E-state index is 12.5. The molecule has 0 aliphatic rings. The molecule has 2 N–H and O–H groups in total. The number of aromatic nitrogens is 1. The number of carbonyl (C=O) groups is 2. The molecule has 0 spiro atoms. The van der Waals surface area contributed by atoms with Crippen molar-refractivity contribution in [2.24, 2.45) is 0 Å². The van der Waals surface area contributed by atoms with Gasteiger partial charge in [-0.15, -0.1) is 0 Å². The van der Waals surface area contributed by atoms with Gasteiger partial charge in [0.05, 0.1) is 0 Å². The number of amides is 1. The summed E-state index contributed by atoms with van der Waals surface area (Å²) in [6.07, 6.45) is 2.05. The minimum Gasteiger partial charge on any atom is -0.480 e. The van der Waals surface area contributed by atoms with Crippen LogP contribution < -0.4 is 5.32 Å². The van der Waals surface area contributed by atoms with E-state index >= 15 is 0 Å². The Hall–Kier alpha value is -2.08. The van der Waals surface area contributed by atoms with Crippen LogP contribution in [0.1, 0.15) is 35.9 Å². The van der Waals surface area contributed by atoms with E-state index in [2.05, 4.69) is 21.2 Å². The summed E-state index contributed by atoms with van der Waals surface area (Å²) in [5.41, 5.74) is 1.30. The van der Waals surface area contributed by atoms with Gasteiger partial charge in [0.15, 0.2) is 0 Å². The van der Waals surface area contributed by atoms with E-state index in [0.29, 0.717) is 5.69 Å². The number of hydrogen-bond acceptors (Lipinski definition) is 2. The van der Waals surface area contributed by atoms with E-state index in [1.165, 1.54) is 0 Å². The lowest BCUT2D eigenvalue weighted by atomic mass is 10.1. The average Bonchev–Trinajstić information content (AvgIpc) is 2.90. The Labute approximate surface area is 143 Å². The zero-order chi connectivity index (χ0) is 17.0. The van der Waals surface area contributed by atoms with Crippen molar-refractivity contribution < 1.29 is 14.7 Å². The van der Waals surface area contributed by atoms with Crippen LogP contribution in [0, 0.1) is 0 Å². The van der Waals surface area contributed by atoms with Gasteiger partial charge in [-0.3, -0.25) is 4.79 Å². The first-order valence-corrected chi connectivity index (χ1v) is 8.12. The van der Waals surface area contributed by atoms with Gasteiger partial charge < -0.3 is 15.0 Å². The molecule has 0 saturated heterocycles. The molecule has 1 aromatic heterocycles. The second kappa shape index (κ2) is 7.46. The molecule has 0 fully saturated rings. The number of carboxylic acids is 1. The average molecular weight is 379 g/mol. The Morgan fingerprint density at radius 2 is 1.91 bits per heavy atom. The molecule has 0 saturated carbocycles. The number of rotatable bonds is 6. The van der Waals surface area contributed by atoms with Crippen LogP contribution in [0.2, 0.25) is 0 Å². The molecule has 1 unspecified atom stereocenters. The SMILES string of the molecule is CC(C)n1cc(Br)cc1C(=O)NC(Cc1ccccc1)C(=O)O. The van der Waals surface area contributed by atoms with Crippen LogP contribution in [0.15, 0.2) is 47.1 Å². The summed E-state index contributed by atoms with van der Waals surface area (Å²) >= 11 is 3.35. The molecule has 1 aromatic carbocycles. The van der Waals surface area contributed by atoms with Gasteiger partial charge in [0, 0.05) is 23.1 Å². The number of nitrogens with zero attached hydrogens (tertiary/aromatic N) is 1. The van der Waals surface area contributed by atoms with E-state index in [1.54, 1.807) is 10.6 Å². The van der Waals surface area contributed by atoms with Gasteiger partial charge in [0.2, 0.25) is 0 Å². The summed E-state index contributed by atoms with van der Waals surface area (Å²) in [7, 11) is 0. The lowest BCUT2D eigenvalue weighted by molar-refractivity contribution is -0.139. The molecule has 2 aromatic rings. The van der Waals surface area contributed by atoms with Crippen LogP contribution >= 0.6 is 15.9 Å². The van der Waals surface area contributed by atoms with Crippen LogP contribution in [0.4, 0.5) is 0 Å². The summed E-state index contributed by atoms with van der Waals surface area (Å²) in [5.74, 6) is -1.45. The first-order chi connectivity index (χ1) is 10.9. The van der Waals surface area contributed by atoms with E-state index in [4.69, 9.17) is 0 Å². The molecular formula is C17H19BrN2O3. The molecule has 122 valence electrons. The van der Waals surface area contributed by atoms with Crippen molar-refractivity contribution in [3.05, 3.63) is 58.3 Å². The molecule has 1 heterocycles. The minimum absolute atomic E-state index is 0.0967. The molecule has 0 aliphatic carbocycles. The van der Waals surface area contributed by atoms with Crippen molar-refractivity contribution in [2.75, 3.05) is 0 Å². The summed E-state index contributed by atoms with van der Waals surface area (Å²) in [4.78, 5) is 23.9. The number of carboxylic acid groups (broad SMARTS) is 1. The van der Waals surface area contributed by atoms with Gasteiger partial charge in [-0.2, -0.15) is 0 Å². The van der Waals surface area contributed by atoms with Gasteiger partial charge in [-0.05, 0) is 41.4 Å². The maximum atomic E-state index is 12.5. The molecule has 0 radical (unpaired) electrons. The third kappa shape index (κ3) is 4.45. The largest absolute Gasteiger partial charge is 0.480 e. The molecular weight excluding hydrogens is 360 g/mol. The Morgan fingerprint density at radius 1 is 1.26 bits per heavy atom. The normalized spacial score (nSPS) is 12.2. The number of halogens is 1. The fourth-order valence-corrected chi connectivity index (χ4v) is 2.77. The van der Waals surface area contributed by atoms with E-state index in [-0.39, 0.29) is 12.5 Å². The maximum Gasteiger partial charge on any atom is 0.326 e. The van der Waals surface area contributed by atoms with Crippen molar-refractivity contribution in [3.63, 3.8) is 0 Å². The Kier molecular flexibility index (Phi) is 5.60. The van der Waals surface area contributed by atoms with Crippen molar-refractivity contribution in [1.82, 2.24) is 9.88 Å². The van der Waals surface area contributed by atoms with Gasteiger partial charge in [-0.25, -0.2) is 4.79 Å². The predicted octanol–water partition coefficient (Wildman–Crippen LogP) is 3.26. The van der Waals surface area contributed by atoms with E-state index < -0.39 is 17.9 Å². The summed E-state index contributed by atoms with van der Waals surface area (Å²) in [5, 5.41) is 12.0. The van der Waals surface area contributed by atoms with E-state index in [0.717, 1.165) is 10.0 Å². The number of benzene rings is 1. The quantitative estimate of drug-likeness (QED) is 0.810. The first kappa shape index (κ1) is 17.3. The zero-order valence-corrected chi connectivity index (χ0v) is 14.6.